The van der Waals surface area contributed by atoms with E-state index in [4.69, 9.17) is 28.7 Å². The van der Waals surface area contributed by atoms with Gasteiger partial charge in [-0.25, -0.2) is 9.79 Å². The minimum atomic E-state index is -0.833. The van der Waals surface area contributed by atoms with Gasteiger partial charge in [0.15, 0.2) is 16.3 Å². The molecule has 0 saturated carbocycles. The third kappa shape index (κ3) is 6.06. The Morgan fingerprint density at radius 3 is 2.44 bits per heavy atom. The average molecular weight is 646 g/mol. The second-order valence-corrected chi connectivity index (χ2v) is 10.9. The maximum Gasteiger partial charge on any atom is 0.338 e. The Morgan fingerprint density at radius 2 is 1.80 bits per heavy atom. The number of aromatic nitrogens is 1. The fourth-order valence-electron chi connectivity index (χ4n) is 4.73. The first kappa shape index (κ1) is 30.4. The monoisotopic (exact) mass is 644 g/mol. The molecule has 9 nitrogen and oxygen atoms in total. The molecule has 0 spiro atoms. The lowest BCUT2D eigenvalue weighted by atomic mass is 9.93. The highest BCUT2D eigenvalue weighted by Crippen LogP contribution is 2.39. The summed E-state index contributed by atoms with van der Waals surface area (Å²) in [6.45, 7) is 6.31. The number of hydrogen-bond donors (Lipinski definition) is 0. The molecule has 41 heavy (non-hydrogen) atoms. The van der Waals surface area contributed by atoms with E-state index in [1.54, 1.807) is 57.1 Å². The van der Waals surface area contributed by atoms with E-state index in [1.807, 2.05) is 26.0 Å². The van der Waals surface area contributed by atoms with Gasteiger partial charge in [-0.2, -0.15) is 0 Å². The summed E-state index contributed by atoms with van der Waals surface area (Å²) in [5, 5.41) is 0. The molecular formula is C30H33BrN2O7S. The molecule has 3 aromatic rings. The Labute approximate surface area is 250 Å². The topological polar surface area (TPSA) is 97.6 Å². The lowest BCUT2D eigenvalue weighted by Crippen LogP contribution is -2.40. The van der Waals surface area contributed by atoms with Crippen molar-refractivity contribution < 1.29 is 28.5 Å². The van der Waals surface area contributed by atoms with Crippen molar-refractivity contribution in [2.24, 2.45) is 4.99 Å². The molecule has 2 heterocycles. The molecule has 0 fully saturated rings. The van der Waals surface area contributed by atoms with Crippen molar-refractivity contribution in [3.05, 3.63) is 76.9 Å². The number of thiazole rings is 1. The standard InChI is InChI=1S/C30H33BrN2O7S/c1-7-10-21-25(29(35)40-9-3)26(19-16-18(36-4)11-12-22(19)37-5)33-28(34)24(41-30(33)32-21)15-17-13-20(31)27(39-8-2)23(14-17)38-6/h11-16,26H,7-10H2,1-6H3/b24-15-/t26-/m0/s1. The molecule has 2 aromatic carbocycles. The van der Waals surface area contributed by atoms with Crippen LogP contribution in [0.4, 0.5) is 0 Å². The molecule has 1 aromatic heterocycles. The van der Waals surface area contributed by atoms with Gasteiger partial charge in [-0.15, -0.1) is 0 Å². The second kappa shape index (κ2) is 13.4. The van der Waals surface area contributed by atoms with Crippen LogP contribution in [0, 0.1) is 0 Å². The first-order valence-corrected chi connectivity index (χ1v) is 14.9. The third-order valence-corrected chi connectivity index (χ3v) is 8.03. The molecule has 4 rings (SSSR count). The quantitative estimate of drug-likeness (QED) is 0.278. The number of carbonyl (C=O) groups is 1. The number of benzene rings is 2. The van der Waals surface area contributed by atoms with Crippen LogP contribution >= 0.6 is 27.3 Å². The van der Waals surface area contributed by atoms with Crippen LogP contribution in [0.3, 0.4) is 0 Å². The number of esters is 1. The Bertz CT molecular complexity index is 1660. The van der Waals surface area contributed by atoms with Gasteiger partial charge in [0.05, 0.1) is 54.8 Å². The van der Waals surface area contributed by atoms with Crippen LogP contribution in [-0.2, 0) is 9.53 Å². The van der Waals surface area contributed by atoms with E-state index in [-0.39, 0.29) is 12.2 Å². The summed E-state index contributed by atoms with van der Waals surface area (Å²) in [4.78, 5) is 32.9. The van der Waals surface area contributed by atoms with E-state index in [9.17, 15) is 9.59 Å². The summed E-state index contributed by atoms with van der Waals surface area (Å²) in [6.07, 6.45) is 3.06. The highest BCUT2D eigenvalue weighted by atomic mass is 79.9. The Balaban J connectivity index is 2.03. The van der Waals surface area contributed by atoms with Gasteiger partial charge in [0, 0.05) is 5.56 Å². The molecule has 11 heteroatoms. The fraction of sp³-hybridized carbons (Fsp3) is 0.367. The number of ether oxygens (including phenoxy) is 5. The third-order valence-electron chi connectivity index (χ3n) is 6.46. The highest BCUT2D eigenvalue weighted by Gasteiger charge is 2.36. The van der Waals surface area contributed by atoms with Crippen LogP contribution in [0.2, 0.25) is 0 Å². The number of fused-ring (bicyclic) bond motifs is 1. The number of nitrogens with zero attached hydrogens (tertiary/aromatic N) is 2. The summed E-state index contributed by atoms with van der Waals surface area (Å²) in [5.41, 5.74) is 1.92. The maximum absolute atomic E-state index is 14.1. The number of methoxy groups -OCH3 is 3. The zero-order valence-electron chi connectivity index (χ0n) is 23.9. The number of halogens is 1. The van der Waals surface area contributed by atoms with E-state index in [1.165, 1.54) is 11.3 Å². The van der Waals surface area contributed by atoms with Crippen molar-refractivity contribution in [2.45, 2.75) is 39.7 Å². The highest BCUT2D eigenvalue weighted by molar-refractivity contribution is 9.10. The van der Waals surface area contributed by atoms with Crippen molar-refractivity contribution in [1.29, 1.82) is 0 Å². The average Bonchev–Trinajstić information content (AvgIpc) is 3.27. The van der Waals surface area contributed by atoms with E-state index >= 15 is 0 Å². The van der Waals surface area contributed by atoms with Crippen LogP contribution < -0.4 is 33.8 Å². The summed E-state index contributed by atoms with van der Waals surface area (Å²) in [7, 11) is 4.67. The van der Waals surface area contributed by atoms with Crippen LogP contribution in [0.1, 0.15) is 50.8 Å². The van der Waals surface area contributed by atoms with Crippen LogP contribution in [0.15, 0.2) is 55.9 Å². The summed E-state index contributed by atoms with van der Waals surface area (Å²) in [6, 6.07) is 8.15. The molecule has 0 aliphatic carbocycles. The van der Waals surface area contributed by atoms with Crippen molar-refractivity contribution >= 4 is 39.3 Å². The molecule has 1 aliphatic heterocycles. The van der Waals surface area contributed by atoms with Gasteiger partial charge in [-0.05, 0) is 78.2 Å². The molecular weight excluding hydrogens is 612 g/mol. The first-order valence-electron chi connectivity index (χ1n) is 13.3. The van der Waals surface area contributed by atoms with E-state index in [0.29, 0.717) is 66.7 Å². The number of hydrogen-bond acceptors (Lipinski definition) is 9. The minimum Gasteiger partial charge on any atom is -0.497 e. The van der Waals surface area contributed by atoms with Crippen molar-refractivity contribution in [1.82, 2.24) is 4.57 Å². The van der Waals surface area contributed by atoms with Crippen LogP contribution in [0.25, 0.3) is 6.08 Å². The van der Waals surface area contributed by atoms with Crippen LogP contribution in [-0.4, -0.2) is 45.1 Å². The van der Waals surface area contributed by atoms with Gasteiger partial charge >= 0.3 is 5.97 Å². The van der Waals surface area contributed by atoms with E-state index in [2.05, 4.69) is 15.9 Å². The molecule has 1 aliphatic rings. The summed E-state index contributed by atoms with van der Waals surface area (Å²) >= 11 is 4.81. The predicted molar refractivity (Wildman–Crippen MR) is 161 cm³/mol. The zero-order chi connectivity index (χ0) is 29.7. The van der Waals surface area contributed by atoms with Crippen LogP contribution in [0.5, 0.6) is 23.0 Å². The van der Waals surface area contributed by atoms with E-state index in [0.717, 1.165) is 12.0 Å². The van der Waals surface area contributed by atoms with Gasteiger partial charge in [0.25, 0.3) is 5.56 Å². The number of allylic oxidation sites excluding steroid dienone is 1. The van der Waals surface area contributed by atoms with Crippen molar-refractivity contribution in [3.8, 4) is 23.0 Å². The van der Waals surface area contributed by atoms with Gasteiger partial charge in [-0.3, -0.25) is 9.36 Å². The lowest BCUT2D eigenvalue weighted by molar-refractivity contribution is -0.139. The Hall–Kier alpha value is -3.57. The Morgan fingerprint density at radius 1 is 1.05 bits per heavy atom. The molecule has 0 amide bonds. The molecule has 0 radical (unpaired) electrons. The first-order chi connectivity index (χ1) is 19.8. The molecule has 218 valence electrons. The van der Waals surface area contributed by atoms with Gasteiger partial charge in [-0.1, -0.05) is 24.7 Å². The number of rotatable bonds is 11. The molecule has 0 unspecified atom stereocenters. The normalized spacial score (nSPS) is 14.8. The second-order valence-electron chi connectivity index (χ2n) is 8.99. The minimum absolute atomic E-state index is 0.183. The van der Waals surface area contributed by atoms with Gasteiger partial charge < -0.3 is 23.7 Å². The molecule has 0 N–H and O–H groups in total. The van der Waals surface area contributed by atoms with Gasteiger partial charge in [0.2, 0.25) is 0 Å². The van der Waals surface area contributed by atoms with Gasteiger partial charge in [0.1, 0.15) is 17.5 Å². The van der Waals surface area contributed by atoms with Crippen molar-refractivity contribution in [2.75, 3.05) is 34.5 Å². The summed E-state index contributed by atoms with van der Waals surface area (Å²) < 4.78 is 30.6. The largest absolute Gasteiger partial charge is 0.497 e. The summed E-state index contributed by atoms with van der Waals surface area (Å²) in [5.74, 6) is 1.66. The molecule has 0 saturated heterocycles. The maximum atomic E-state index is 14.1. The Kier molecular flexibility index (Phi) is 9.93. The molecule has 0 bridgehead atoms. The smallest absolute Gasteiger partial charge is 0.338 e. The number of carbonyl (C=O) groups excluding carboxylic acids is 1. The molecule has 1 atom stereocenters. The fourth-order valence-corrected chi connectivity index (χ4v) is 6.32. The SMILES string of the molecule is CCCC1=C(C(=O)OCC)[C@H](c2cc(OC)ccc2OC)n2c(s/c(=C\c3cc(Br)c(OCC)c(OC)c3)c2=O)=N1. The lowest BCUT2D eigenvalue weighted by Gasteiger charge is -2.27. The van der Waals surface area contributed by atoms with E-state index < -0.39 is 12.0 Å². The van der Waals surface area contributed by atoms with Crippen molar-refractivity contribution in [3.63, 3.8) is 0 Å². The zero-order valence-corrected chi connectivity index (χ0v) is 26.3. The predicted octanol–water partition coefficient (Wildman–Crippen LogP) is 4.77.